The first-order valence-corrected chi connectivity index (χ1v) is 12.9. The predicted octanol–water partition coefficient (Wildman–Crippen LogP) is 5.27. The first kappa shape index (κ1) is 24.3. The smallest absolute Gasteiger partial charge is 0.230 e. The highest BCUT2D eigenvalue weighted by atomic mass is 16.5. The number of nitrogens with zero attached hydrogens (tertiary/aromatic N) is 2. The van der Waals surface area contributed by atoms with Crippen LogP contribution in [0.5, 0.6) is 5.75 Å². The second-order valence-corrected chi connectivity index (χ2v) is 9.95. The van der Waals surface area contributed by atoms with E-state index >= 15 is 0 Å². The molecule has 182 valence electrons. The second kappa shape index (κ2) is 11.5. The SMILES string of the molecule is CC[C@@H](C(=O)N1CCC[C@@](COc2ccccc2)(CC(=O)N2CCCCC2)C1)c1ccccc1. The van der Waals surface area contributed by atoms with Crippen molar-refractivity contribution >= 4 is 11.8 Å². The number of hydrogen-bond acceptors (Lipinski definition) is 3. The number of hydrogen-bond donors (Lipinski definition) is 0. The number of likely N-dealkylation sites (tertiary alicyclic amines) is 2. The van der Waals surface area contributed by atoms with Crippen molar-refractivity contribution in [2.75, 3.05) is 32.8 Å². The summed E-state index contributed by atoms with van der Waals surface area (Å²) in [6.07, 6.45) is 6.35. The normalized spacial score (nSPS) is 21.7. The first-order valence-electron chi connectivity index (χ1n) is 12.9. The van der Waals surface area contributed by atoms with E-state index in [9.17, 15) is 9.59 Å². The lowest BCUT2D eigenvalue weighted by molar-refractivity contribution is -0.143. The topological polar surface area (TPSA) is 49.9 Å². The molecule has 0 bridgehead atoms. The van der Waals surface area contributed by atoms with Crippen LogP contribution in [0.3, 0.4) is 0 Å². The van der Waals surface area contributed by atoms with Crippen molar-refractivity contribution in [3.63, 3.8) is 0 Å². The second-order valence-electron chi connectivity index (χ2n) is 9.95. The standard InChI is InChI=1S/C29H38N2O3/c1-2-26(24-13-6-3-7-14-24)28(33)31-20-12-17-29(22-31,23-34-25-15-8-4-9-16-25)21-27(32)30-18-10-5-11-19-30/h3-4,6-9,13-16,26H,2,5,10-12,17-23H2,1H3/t26-,29-/m1/s1. The zero-order valence-electron chi connectivity index (χ0n) is 20.5. The lowest BCUT2D eigenvalue weighted by Gasteiger charge is -2.44. The van der Waals surface area contributed by atoms with Gasteiger partial charge in [-0.3, -0.25) is 9.59 Å². The average molecular weight is 463 g/mol. The van der Waals surface area contributed by atoms with Gasteiger partial charge in [0.05, 0.1) is 12.5 Å². The Morgan fingerprint density at radius 1 is 0.882 bits per heavy atom. The van der Waals surface area contributed by atoms with Crippen molar-refractivity contribution in [1.82, 2.24) is 9.80 Å². The van der Waals surface area contributed by atoms with E-state index in [1.165, 1.54) is 6.42 Å². The minimum atomic E-state index is -0.368. The molecule has 0 saturated carbocycles. The Morgan fingerprint density at radius 2 is 1.53 bits per heavy atom. The lowest BCUT2D eigenvalue weighted by Crippen LogP contribution is -2.52. The third-order valence-corrected chi connectivity index (χ3v) is 7.40. The van der Waals surface area contributed by atoms with Gasteiger partial charge in [-0.05, 0) is 56.2 Å². The molecule has 0 radical (unpaired) electrons. The Labute approximate surface area is 204 Å². The third-order valence-electron chi connectivity index (χ3n) is 7.40. The summed E-state index contributed by atoms with van der Waals surface area (Å²) in [4.78, 5) is 31.0. The van der Waals surface area contributed by atoms with Gasteiger partial charge in [-0.25, -0.2) is 0 Å². The first-order chi connectivity index (χ1) is 16.6. The highest BCUT2D eigenvalue weighted by molar-refractivity contribution is 5.84. The maximum atomic E-state index is 13.7. The van der Waals surface area contributed by atoms with Crippen LogP contribution in [0.15, 0.2) is 60.7 Å². The van der Waals surface area contributed by atoms with Crippen LogP contribution in [0.2, 0.25) is 0 Å². The molecular weight excluding hydrogens is 424 g/mol. The quantitative estimate of drug-likeness (QED) is 0.537. The number of carbonyl (C=O) groups excluding carboxylic acids is 2. The van der Waals surface area contributed by atoms with Crippen LogP contribution < -0.4 is 4.74 Å². The number of ether oxygens (including phenoxy) is 1. The van der Waals surface area contributed by atoms with Crippen LogP contribution in [0.1, 0.15) is 63.4 Å². The fourth-order valence-corrected chi connectivity index (χ4v) is 5.50. The van der Waals surface area contributed by atoms with Crippen molar-refractivity contribution in [2.45, 2.75) is 57.8 Å². The molecule has 2 aromatic rings. The lowest BCUT2D eigenvalue weighted by atomic mass is 9.76. The molecule has 0 unspecified atom stereocenters. The van der Waals surface area contributed by atoms with E-state index in [-0.39, 0.29) is 23.1 Å². The zero-order chi connectivity index (χ0) is 23.8. The van der Waals surface area contributed by atoms with Gasteiger partial charge in [-0.2, -0.15) is 0 Å². The Morgan fingerprint density at radius 3 is 2.21 bits per heavy atom. The van der Waals surface area contributed by atoms with Crippen LogP contribution in [0, 0.1) is 5.41 Å². The molecule has 0 spiro atoms. The number of carbonyl (C=O) groups is 2. The minimum absolute atomic E-state index is 0.148. The fourth-order valence-electron chi connectivity index (χ4n) is 5.50. The number of amides is 2. The number of para-hydroxylation sites is 1. The summed E-state index contributed by atoms with van der Waals surface area (Å²) < 4.78 is 6.23. The summed E-state index contributed by atoms with van der Waals surface area (Å²) in [6.45, 7) is 5.54. The van der Waals surface area contributed by atoms with Crippen LogP contribution >= 0.6 is 0 Å². The molecule has 2 amide bonds. The van der Waals surface area contributed by atoms with Crippen molar-refractivity contribution in [3.8, 4) is 5.75 Å². The Kier molecular flexibility index (Phi) is 8.25. The minimum Gasteiger partial charge on any atom is -0.493 e. The van der Waals surface area contributed by atoms with E-state index in [4.69, 9.17) is 4.74 Å². The number of benzene rings is 2. The molecule has 34 heavy (non-hydrogen) atoms. The Bertz CT molecular complexity index is 927. The summed E-state index contributed by atoms with van der Waals surface area (Å²) in [5.41, 5.74) is 0.698. The van der Waals surface area contributed by atoms with Crippen molar-refractivity contribution in [2.24, 2.45) is 5.41 Å². The summed E-state index contributed by atoms with van der Waals surface area (Å²) in [5, 5.41) is 0. The predicted molar refractivity (Wildman–Crippen MR) is 135 cm³/mol. The number of rotatable bonds is 8. The van der Waals surface area contributed by atoms with Gasteiger partial charge >= 0.3 is 0 Å². The molecule has 2 aliphatic rings. The molecule has 4 rings (SSSR count). The molecule has 0 aromatic heterocycles. The summed E-state index contributed by atoms with van der Waals surface area (Å²) >= 11 is 0. The van der Waals surface area contributed by atoms with Gasteiger partial charge in [-0.1, -0.05) is 55.5 Å². The Hall–Kier alpha value is -2.82. The molecule has 2 saturated heterocycles. The monoisotopic (exact) mass is 462 g/mol. The maximum Gasteiger partial charge on any atom is 0.230 e. The van der Waals surface area contributed by atoms with Gasteiger partial charge in [0.25, 0.3) is 0 Å². The third kappa shape index (κ3) is 5.99. The molecule has 2 aliphatic heterocycles. The van der Waals surface area contributed by atoms with Gasteiger partial charge in [0.2, 0.25) is 11.8 Å². The van der Waals surface area contributed by atoms with Crippen LogP contribution in [0.25, 0.3) is 0 Å². The van der Waals surface area contributed by atoms with E-state index in [2.05, 4.69) is 6.92 Å². The molecule has 0 aliphatic carbocycles. The zero-order valence-corrected chi connectivity index (χ0v) is 20.5. The molecule has 5 heteroatoms. The van der Waals surface area contributed by atoms with Gasteiger partial charge in [0, 0.05) is 38.0 Å². The average Bonchev–Trinajstić information content (AvgIpc) is 2.90. The van der Waals surface area contributed by atoms with Gasteiger partial charge in [0.15, 0.2) is 0 Å². The highest BCUT2D eigenvalue weighted by Crippen LogP contribution is 2.37. The van der Waals surface area contributed by atoms with E-state index < -0.39 is 0 Å². The fraction of sp³-hybridized carbons (Fsp3) is 0.517. The van der Waals surface area contributed by atoms with E-state index in [1.54, 1.807) is 0 Å². The largest absolute Gasteiger partial charge is 0.493 e. The van der Waals surface area contributed by atoms with Gasteiger partial charge in [-0.15, -0.1) is 0 Å². The van der Waals surface area contributed by atoms with E-state index in [1.807, 2.05) is 70.5 Å². The van der Waals surface area contributed by atoms with Crippen molar-refractivity contribution in [1.29, 1.82) is 0 Å². The summed E-state index contributed by atoms with van der Waals surface area (Å²) in [6, 6.07) is 19.9. The van der Waals surface area contributed by atoms with E-state index in [0.717, 1.165) is 63.1 Å². The Balaban J connectivity index is 1.52. The van der Waals surface area contributed by atoms with Crippen LogP contribution in [-0.2, 0) is 9.59 Å². The summed E-state index contributed by atoms with van der Waals surface area (Å²) in [7, 11) is 0. The highest BCUT2D eigenvalue weighted by Gasteiger charge is 2.42. The van der Waals surface area contributed by atoms with Crippen LogP contribution in [0.4, 0.5) is 0 Å². The molecular formula is C29H38N2O3. The molecule has 0 N–H and O–H groups in total. The van der Waals surface area contributed by atoms with E-state index in [0.29, 0.717) is 19.6 Å². The molecule has 2 fully saturated rings. The van der Waals surface area contributed by atoms with Crippen molar-refractivity contribution in [3.05, 3.63) is 66.2 Å². The molecule has 2 atom stereocenters. The summed E-state index contributed by atoms with van der Waals surface area (Å²) in [5.74, 6) is 1.04. The van der Waals surface area contributed by atoms with Crippen LogP contribution in [-0.4, -0.2) is 54.4 Å². The van der Waals surface area contributed by atoms with Gasteiger partial charge in [0.1, 0.15) is 5.75 Å². The maximum absolute atomic E-state index is 13.7. The molecule has 2 aromatic carbocycles. The van der Waals surface area contributed by atoms with Gasteiger partial charge < -0.3 is 14.5 Å². The number of piperidine rings is 2. The molecule has 5 nitrogen and oxygen atoms in total. The van der Waals surface area contributed by atoms with Crippen molar-refractivity contribution < 1.29 is 14.3 Å². The molecule has 2 heterocycles.